The van der Waals surface area contributed by atoms with Crippen LogP contribution in [-0.2, 0) is 0 Å². The molecule has 0 N–H and O–H groups in total. The molecule has 1 fully saturated rings. The lowest BCUT2D eigenvalue weighted by atomic mass is 10.0. The van der Waals surface area contributed by atoms with Gasteiger partial charge in [-0.2, -0.15) is 0 Å². The summed E-state index contributed by atoms with van der Waals surface area (Å²) in [6.07, 6.45) is 4.03. The van der Waals surface area contributed by atoms with E-state index in [1.165, 1.54) is 16.9 Å². The maximum absolute atomic E-state index is 5.10. The Morgan fingerprint density at radius 3 is 2.70 bits per heavy atom. The average Bonchev–Trinajstić information content (AvgIpc) is 3.36. The van der Waals surface area contributed by atoms with Crippen molar-refractivity contribution in [1.29, 1.82) is 0 Å². The number of benzene rings is 1. The zero-order valence-electron chi connectivity index (χ0n) is 15.5. The highest BCUT2D eigenvalue weighted by atomic mass is 32.2. The highest BCUT2D eigenvalue weighted by Gasteiger charge is 2.44. The maximum Gasteiger partial charge on any atom is 0.160 e. The van der Waals surface area contributed by atoms with Gasteiger partial charge < -0.3 is 9.47 Å². The first kappa shape index (κ1) is 16.6. The molecule has 0 unspecified atom stereocenters. The van der Waals surface area contributed by atoms with Crippen molar-refractivity contribution in [2.75, 3.05) is 6.54 Å². The Morgan fingerprint density at radius 2 is 1.89 bits per heavy atom. The van der Waals surface area contributed by atoms with Crippen molar-refractivity contribution in [2.45, 2.75) is 31.2 Å². The van der Waals surface area contributed by atoms with Gasteiger partial charge in [0.25, 0.3) is 0 Å². The molecule has 1 saturated heterocycles. The summed E-state index contributed by atoms with van der Waals surface area (Å²) in [5.74, 6) is 0. The van der Waals surface area contributed by atoms with Crippen molar-refractivity contribution in [1.82, 2.24) is 14.5 Å². The molecule has 1 aromatic carbocycles. The Bertz CT molecular complexity index is 994. The molecule has 2 aromatic heterocycles. The van der Waals surface area contributed by atoms with E-state index in [0.717, 1.165) is 17.4 Å². The van der Waals surface area contributed by atoms with Crippen molar-refractivity contribution in [3.8, 4) is 5.69 Å². The lowest BCUT2D eigenvalue weighted by molar-refractivity contribution is 0.312. The van der Waals surface area contributed by atoms with Crippen molar-refractivity contribution in [2.24, 2.45) is 4.99 Å². The largest absolute Gasteiger partial charge is 0.339 e. The number of rotatable bonds is 3. The van der Waals surface area contributed by atoms with Crippen molar-refractivity contribution < 1.29 is 0 Å². The van der Waals surface area contributed by atoms with E-state index in [-0.39, 0.29) is 12.1 Å². The number of pyridine rings is 1. The third-order valence-electron chi connectivity index (χ3n) is 5.34. The van der Waals surface area contributed by atoms with Gasteiger partial charge in [0.1, 0.15) is 6.04 Å². The fourth-order valence-corrected chi connectivity index (χ4v) is 5.22. The number of hydrogen-bond acceptors (Lipinski definition) is 4. The zero-order chi connectivity index (χ0) is 18.4. The van der Waals surface area contributed by atoms with Gasteiger partial charge in [-0.1, -0.05) is 43.0 Å². The predicted molar refractivity (Wildman–Crippen MR) is 111 cm³/mol. The van der Waals surface area contributed by atoms with E-state index in [2.05, 4.69) is 83.0 Å². The van der Waals surface area contributed by atoms with Crippen molar-refractivity contribution in [3.63, 3.8) is 0 Å². The second kappa shape index (κ2) is 6.57. The second-order valence-electron chi connectivity index (χ2n) is 7.23. The topological polar surface area (TPSA) is 33.4 Å². The number of aliphatic imine (C=N–C) groups is 1. The van der Waals surface area contributed by atoms with Gasteiger partial charge in [-0.3, -0.25) is 9.98 Å². The lowest BCUT2D eigenvalue weighted by Gasteiger charge is -2.28. The summed E-state index contributed by atoms with van der Waals surface area (Å²) in [5.41, 5.74) is 4.81. The van der Waals surface area contributed by atoms with Gasteiger partial charge in [0.15, 0.2) is 5.17 Å². The quantitative estimate of drug-likeness (QED) is 0.662. The Hall–Kier alpha value is -2.53. The van der Waals surface area contributed by atoms with E-state index < -0.39 is 0 Å². The minimum atomic E-state index is 0.0267. The summed E-state index contributed by atoms with van der Waals surface area (Å²) in [7, 11) is 0. The number of fused-ring (bicyclic) bond motifs is 1. The Balaban J connectivity index is 1.63. The smallest absolute Gasteiger partial charge is 0.160 e. The van der Waals surface area contributed by atoms with E-state index in [0.29, 0.717) is 5.25 Å². The minimum Gasteiger partial charge on any atom is -0.339 e. The second-order valence-corrected chi connectivity index (χ2v) is 8.63. The van der Waals surface area contributed by atoms with Crippen LogP contribution in [0.3, 0.4) is 0 Å². The SMILES string of the molecule is Cc1ccccc1-n1cccc1[C@@H]1[C@@H](c2ccccn2)N=C2S[C@@H](C)CN21. The molecule has 5 heteroatoms. The molecule has 5 rings (SSSR count). The predicted octanol–water partition coefficient (Wildman–Crippen LogP) is 4.77. The Labute approximate surface area is 164 Å². The molecule has 4 nitrogen and oxygen atoms in total. The van der Waals surface area contributed by atoms with Gasteiger partial charge in [0.2, 0.25) is 0 Å². The lowest BCUT2D eigenvalue weighted by Crippen LogP contribution is -2.30. The molecule has 0 amide bonds. The fourth-order valence-electron chi connectivity index (χ4n) is 4.13. The number of aryl methyl sites for hydroxylation is 1. The first-order valence-corrected chi connectivity index (χ1v) is 10.3. The monoisotopic (exact) mass is 374 g/mol. The molecule has 3 atom stereocenters. The molecule has 0 spiro atoms. The van der Waals surface area contributed by atoms with E-state index in [1.54, 1.807) is 0 Å². The number of thioether (sulfide) groups is 1. The molecule has 2 aliphatic heterocycles. The van der Waals surface area contributed by atoms with E-state index in [9.17, 15) is 0 Å². The molecule has 0 saturated carbocycles. The molecule has 0 aliphatic carbocycles. The van der Waals surface area contributed by atoms with E-state index >= 15 is 0 Å². The summed E-state index contributed by atoms with van der Waals surface area (Å²) in [6, 6.07) is 19.2. The Kier molecular flexibility index (Phi) is 4.05. The van der Waals surface area contributed by atoms with Gasteiger partial charge >= 0.3 is 0 Å². The summed E-state index contributed by atoms with van der Waals surface area (Å²) in [6.45, 7) is 5.47. The van der Waals surface area contributed by atoms with Crippen molar-refractivity contribution >= 4 is 16.9 Å². The Morgan fingerprint density at radius 1 is 1.04 bits per heavy atom. The molecule has 4 heterocycles. The number of amidine groups is 1. The highest BCUT2D eigenvalue weighted by molar-refractivity contribution is 8.14. The first-order chi connectivity index (χ1) is 13.2. The van der Waals surface area contributed by atoms with Crippen LogP contribution in [-0.4, -0.2) is 31.4 Å². The average molecular weight is 375 g/mol. The molecule has 3 aromatic rings. The van der Waals surface area contributed by atoms with Crippen LogP contribution in [0.4, 0.5) is 0 Å². The number of hydrogen-bond donors (Lipinski definition) is 0. The van der Waals surface area contributed by atoms with Crippen LogP contribution in [0.5, 0.6) is 0 Å². The number of aromatic nitrogens is 2. The van der Waals surface area contributed by atoms with Crippen LogP contribution < -0.4 is 0 Å². The zero-order valence-corrected chi connectivity index (χ0v) is 16.3. The van der Waals surface area contributed by atoms with E-state index in [4.69, 9.17) is 4.99 Å². The van der Waals surface area contributed by atoms with Crippen LogP contribution in [0.2, 0.25) is 0 Å². The van der Waals surface area contributed by atoms with Gasteiger partial charge in [0, 0.05) is 35.6 Å². The summed E-state index contributed by atoms with van der Waals surface area (Å²) >= 11 is 1.88. The maximum atomic E-state index is 5.10. The van der Waals surface area contributed by atoms with Crippen LogP contribution in [0.1, 0.15) is 36.0 Å². The molecule has 2 aliphatic rings. The van der Waals surface area contributed by atoms with E-state index in [1.807, 2.05) is 24.0 Å². The standard InChI is InChI=1S/C22H22N4S/c1-15-8-3-4-10-18(15)25-13-7-11-19(25)21-20(17-9-5-6-12-23-17)24-22-26(21)14-16(2)27-22/h3-13,16,20-21H,14H2,1-2H3/t16-,20+,21+/m0/s1. The molecular formula is C22H22N4S. The third kappa shape index (κ3) is 2.77. The number of para-hydroxylation sites is 1. The highest BCUT2D eigenvalue weighted by Crippen LogP contribution is 2.47. The molecule has 0 radical (unpaired) electrons. The van der Waals surface area contributed by atoms with Crippen LogP contribution in [0.25, 0.3) is 5.69 Å². The molecule has 27 heavy (non-hydrogen) atoms. The van der Waals surface area contributed by atoms with Gasteiger partial charge in [-0.15, -0.1) is 0 Å². The fraction of sp³-hybridized carbons (Fsp3) is 0.273. The van der Waals surface area contributed by atoms with Crippen LogP contribution in [0, 0.1) is 6.92 Å². The summed E-state index contributed by atoms with van der Waals surface area (Å²) < 4.78 is 2.32. The minimum absolute atomic E-state index is 0.0267. The summed E-state index contributed by atoms with van der Waals surface area (Å²) in [4.78, 5) is 12.2. The molecule has 0 bridgehead atoms. The number of nitrogens with zero attached hydrogens (tertiary/aromatic N) is 4. The molecular weight excluding hydrogens is 352 g/mol. The van der Waals surface area contributed by atoms with Gasteiger partial charge in [0.05, 0.1) is 11.7 Å². The normalized spacial score (nSPS) is 24.1. The van der Waals surface area contributed by atoms with Crippen LogP contribution in [0.15, 0.2) is 72.0 Å². The first-order valence-electron chi connectivity index (χ1n) is 9.37. The van der Waals surface area contributed by atoms with Crippen LogP contribution >= 0.6 is 11.8 Å². The summed E-state index contributed by atoms with van der Waals surface area (Å²) in [5, 5.41) is 1.72. The van der Waals surface area contributed by atoms with Gasteiger partial charge in [-0.05, 0) is 42.8 Å². The van der Waals surface area contributed by atoms with Crippen molar-refractivity contribution in [3.05, 3.63) is 83.9 Å². The van der Waals surface area contributed by atoms with Gasteiger partial charge in [-0.25, -0.2) is 0 Å². The molecule has 136 valence electrons. The third-order valence-corrected chi connectivity index (χ3v) is 6.44.